The van der Waals surface area contributed by atoms with E-state index in [2.05, 4.69) is 62.9 Å². The number of nitrogens with one attached hydrogen (secondary N) is 1. The molecule has 0 aliphatic carbocycles. The SMILES string of the molecule is COc1ccc2c(-c3ccc(OC)c(OC)c3)nnc(NC3CCN(Cc4ccc5ccccc5c4)CC3)c2c1. The lowest BCUT2D eigenvalue weighted by atomic mass is 10.0. The average molecular weight is 535 g/mol. The number of likely N-dealkylation sites (tertiary alicyclic amines) is 1. The Hall–Kier alpha value is -4.36. The van der Waals surface area contributed by atoms with Crippen LogP contribution in [0.3, 0.4) is 0 Å². The molecule has 1 aromatic heterocycles. The predicted octanol–water partition coefficient (Wildman–Crippen LogP) is 6.55. The minimum absolute atomic E-state index is 0.323. The maximum atomic E-state index is 5.56. The van der Waals surface area contributed by atoms with Gasteiger partial charge in [0, 0.05) is 42.0 Å². The van der Waals surface area contributed by atoms with Crippen molar-refractivity contribution in [2.45, 2.75) is 25.4 Å². The number of piperidine rings is 1. The molecule has 1 N–H and O–H groups in total. The van der Waals surface area contributed by atoms with Crippen molar-refractivity contribution >= 4 is 27.4 Å². The topological polar surface area (TPSA) is 68.7 Å². The number of fused-ring (bicyclic) bond motifs is 2. The van der Waals surface area contributed by atoms with Crippen molar-refractivity contribution in [2.24, 2.45) is 0 Å². The largest absolute Gasteiger partial charge is 0.497 e. The van der Waals surface area contributed by atoms with Crippen molar-refractivity contribution in [3.63, 3.8) is 0 Å². The Morgan fingerprint density at radius 3 is 2.33 bits per heavy atom. The number of anilines is 1. The van der Waals surface area contributed by atoms with Gasteiger partial charge in [-0.3, -0.25) is 4.90 Å². The summed E-state index contributed by atoms with van der Waals surface area (Å²) < 4.78 is 16.5. The quantitative estimate of drug-likeness (QED) is 0.242. The average Bonchev–Trinajstić information content (AvgIpc) is 3.01. The zero-order chi connectivity index (χ0) is 27.5. The van der Waals surface area contributed by atoms with Gasteiger partial charge in [-0.15, -0.1) is 10.2 Å². The van der Waals surface area contributed by atoms with Crippen LogP contribution in [0.1, 0.15) is 18.4 Å². The van der Waals surface area contributed by atoms with Gasteiger partial charge in [-0.25, -0.2) is 0 Å². The minimum atomic E-state index is 0.323. The summed E-state index contributed by atoms with van der Waals surface area (Å²) in [5.74, 6) is 2.90. The summed E-state index contributed by atoms with van der Waals surface area (Å²) in [6, 6.07) is 27.5. The molecule has 0 amide bonds. The number of nitrogens with zero attached hydrogens (tertiary/aromatic N) is 3. The van der Waals surface area contributed by atoms with Gasteiger partial charge in [0.25, 0.3) is 0 Å². The van der Waals surface area contributed by atoms with Gasteiger partial charge in [0.1, 0.15) is 11.4 Å². The Kier molecular flexibility index (Phi) is 7.38. The molecule has 0 bridgehead atoms. The molecule has 1 saturated heterocycles. The van der Waals surface area contributed by atoms with Crippen LogP contribution in [-0.4, -0.2) is 55.6 Å². The maximum absolute atomic E-state index is 5.56. The third kappa shape index (κ3) is 5.25. The molecule has 2 heterocycles. The van der Waals surface area contributed by atoms with Crippen LogP contribution in [0, 0.1) is 0 Å². The fourth-order valence-electron chi connectivity index (χ4n) is 5.59. The molecule has 0 radical (unpaired) electrons. The number of ether oxygens (including phenoxy) is 3. The third-order valence-corrected chi connectivity index (χ3v) is 7.79. The first-order valence-corrected chi connectivity index (χ1v) is 13.7. The highest BCUT2D eigenvalue weighted by molar-refractivity contribution is 6.01. The number of benzene rings is 4. The fourth-order valence-corrected chi connectivity index (χ4v) is 5.59. The molecule has 0 saturated carbocycles. The molecule has 1 aliphatic rings. The molecule has 0 atom stereocenters. The van der Waals surface area contributed by atoms with Crippen LogP contribution in [0.5, 0.6) is 17.2 Å². The van der Waals surface area contributed by atoms with Crippen molar-refractivity contribution in [2.75, 3.05) is 39.7 Å². The Balaban J connectivity index is 1.20. The zero-order valence-corrected chi connectivity index (χ0v) is 23.2. The van der Waals surface area contributed by atoms with Gasteiger partial charge in [-0.2, -0.15) is 0 Å². The summed E-state index contributed by atoms with van der Waals surface area (Å²) in [4.78, 5) is 2.54. The molecule has 4 aromatic carbocycles. The van der Waals surface area contributed by atoms with E-state index in [1.54, 1.807) is 21.3 Å². The number of hydrogen-bond acceptors (Lipinski definition) is 7. The number of hydrogen-bond donors (Lipinski definition) is 1. The Bertz CT molecular complexity index is 1650. The first-order chi connectivity index (χ1) is 19.6. The van der Waals surface area contributed by atoms with E-state index in [9.17, 15) is 0 Å². The Morgan fingerprint density at radius 1 is 0.750 bits per heavy atom. The second-order valence-corrected chi connectivity index (χ2v) is 10.3. The number of aromatic nitrogens is 2. The van der Waals surface area contributed by atoms with E-state index in [1.807, 2.05) is 36.4 Å². The first kappa shape index (κ1) is 25.9. The lowest BCUT2D eigenvalue weighted by Crippen LogP contribution is -2.38. The van der Waals surface area contributed by atoms with E-state index < -0.39 is 0 Å². The van der Waals surface area contributed by atoms with Crippen molar-refractivity contribution < 1.29 is 14.2 Å². The monoisotopic (exact) mass is 534 g/mol. The van der Waals surface area contributed by atoms with Gasteiger partial charge >= 0.3 is 0 Å². The summed E-state index contributed by atoms with van der Waals surface area (Å²) in [6.07, 6.45) is 2.08. The molecule has 6 rings (SSSR count). The highest BCUT2D eigenvalue weighted by Crippen LogP contribution is 2.37. The van der Waals surface area contributed by atoms with Crippen LogP contribution in [-0.2, 0) is 6.54 Å². The first-order valence-electron chi connectivity index (χ1n) is 13.7. The maximum Gasteiger partial charge on any atom is 0.161 e. The van der Waals surface area contributed by atoms with E-state index in [1.165, 1.54) is 16.3 Å². The van der Waals surface area contributed by atoms with Crippen molar-refractivity contribution in [1.82, 2.24) is 15.1 Å². The van der Waals surface area contributed by atoms with Crippen LogP contribution in [0.15, 0.2) is 78.9 Å². The Labute approximate surface area is 234 Å². The molecular formula is C33H34N4O3. The summed E-state index contributed by atoms with van der Waals surface area (Å²) in [5, 5.41) is 17.6. The van der Waals surface area contributed by atoms with Gasteiger partial charge in [0.2, 0.25) is 0 Å². The van der Waals surface area contributed by atoms with Crippen LogP contribution in [0.25, 0.3) is 32.8 Å². The van der Waals surface area contributed by atoms with E-state index in [0.717, 1.165) is 66.1 Å². The highest BCUT2D eigenvalue weighted by atomic mass is 16.5. The molecule has 5 aromatic rings. The normalized spacial score (nSPS) is 14.4. The summed E-state index contributed by atoms with van der Waals surface area (Å²) in [7, 11) is 4.95. The molecule has 0 spiro atoms. The van der Waals surface area contributed by atoms with Gasteiger partial charge in [0.05, 0.1) is 21.3 Å². The van der Waals surface area contributed by atoms with Crippen LogP contribution in [0.2, 0.25) is 0 Å². The van der Waals surface area contributed by atoms with E-state index in [-0.39, 0.29) is 0 Å². The summed E-state index contributed by atoms with van der Waals surface area (Å²) in [6.45, 7) is 3.03. The molecule has 1 fully saturated rings. The van der Waals surface area contributed by atoms with Crippen LogP contribution < -0.4 is 19.5 Å². The predicted molar refractivity (Wildman–Crippen MR) is 160 cm³/mol. The van der Waals surface area contributed by atoms with E-state index in [4.69, 9.17) is 14.2 Å². The molecule has 7 heteroatoms. The van der Waals surface area contributed by atoms with Gasteiger partial charge in [-0.05, 0) is 71.6 Å². The molecular weight excluding hydrogens is 500 g/mol. The zero-order valence-electron chi connectivity index (χ0n) is 23.2. The molecule has 7 nitrogen and oxygen atoms in total. The standard InChI is InChI=1S/C33H34N4O3/c1-38-27-11-12-28-29(20-27)33(36-35-32(28)25-10-13-30(39-2)31(19-25)40-3)34-26-14-16-37(17-15-26)21-22-8-9-23-6-4-5-7-24(23)18-22/h4-13,18-20,26H,14-17,21H2,1-3H3,(H,34,36). The van der Waals surface area contributed by atoms with Crippen LogP contribution in [0.4, 0.5) is 5.82 Å². The molecule has 0 unspecified atom stereocenters. The molecule has 204 valence electrons. The lowest BCUT2D eigenvalue weighted by Gasteiger charge is -2.32. The second kappa shape index (κ2) is 11.4. The van der Waals surface area contributed by atoms with E-state index in [0.29, 0.717) is 17.5 Å². The Morgan fingerprint density at radius 2 is 1.55 bits per heavy atom. The van der Waals surface area contributed by atoms with Gasteiger partial charge < -0.3 is 19.5 Å². The van der Waals surface area contributed by atoms with Gasteiger partial charge in [0.15, 0.2) is 17.3 Å². The molecule has 1 aliphatic heterocycles. The number of rotatable bonds is 8. The lowest BCUT2D eigenvalue weighted by molar-refractivity contribution is 0.211. The summed E-state index contributed by atoms with van der Waals surface area (Å²) in [5.41, 5.74) is 3.06. The van der Waals surface area contributed by atoms with Crippen LogP contribution >= 0.6 is 0 Å². The highest BCUT2D eigenvalue weighted by Gasteiger charge is 2.22. The molecule has 40 heavy (non-hydrogen) atoms. The van der Waals surface area contributed by atoms with Crippen molar-refractivity contribution in [3.05, 3.63) is 84.4 Å². The summed E-state index contributed by atoms with van der Waals surface area (Å²) >= 11 is 0. The van der Waals surface area contributed by atoms with Crippen molar-refractivity contribution in [1.29, 1.82) is 0 Å². The smallest absolute Gasteiger partial charge is 0.161 e. The third-order valence-electron chi connectivity index (χ3n) is 7.79. The number of methoxy groups -OCH3 is 3. The minimum Gasteiger partial charge on any atom is -0.497 e. The fraction of sp³-hybridized carbons (Fsp3) is 0.273. The van der Waals surface area contributed by atoms with Gasteiger partial charge in [-0.1, -0.05) is 36.4 Å². The van der Waals surface area contributed by atoms with E-state index >= 15 is 0 Å². The second-order valence-electron chi connectivity index (χ2n) is 10.3. The van der Waals surface area contributed by atoms with Crippen molar-refractivity contribution in [3.8, 4) is 28.5 Å².